The lowest BCUT2D eigenvalue weighted by Crippen LogP contribution is -2.30. The third-order valence-electron chi connectivity index (χ3n) is 4.95. The van der Waals surface area contributed by atoms with Gasteiger partial charge in [-0.1, -0.05) is 6.42 Å². The van der Waals surface area contributed by atoms with Crippen molar-refractivity contribution in [2.24, 2.45) is 4.99 Å². The molecule has 9 heteroatoms. The van der Waals surface area contributed by atoms with E-state index in [0.29, 0.717) is 30.1 Å². The Balaban J connectivity index is 1.41. The molecule has 1 aliphatic rings. The van der Waals surface area contributed by atoms with Crippen molar-refractivity contribution in [3.8, 4) is 5.69 Å². The molecular formula is C22H23N5O3S. The zero-order chi connectivity index (χ0) is 21.7. The Morgan fingerprint density at radius 3 is 2.45 bits per heavy atom. The van der Waals surface area contributed by atoms with Crippen LogP contribution in [0, 0.1) is 0 Å². The Labute approximate surface area is 181 Å². The highest BCUT2D eigenvalue weighted by molar-refractivity contribution is 7.90. The molecule has 4 rings (SSSR count). The van der Waals surface area contributed by atoms with Crippen LogP contribution in [-0.2, 0) is 10.0 Å². The number of hydrogen-bond donors (Lipinski definition) is 2. The normalized spacial score (nSPS) is 14.4. The summed E-state index contributed by atoms with van der Waals surface area (Å²) in [6.45, 7) is 0.645. The van der Waals surface area contributed by atoms with E-state index in [2.05, 4.69) is 20.1 Å². The van der Waals surface area contributed by atoms with Crippen molar-refractivity contribution < 1.29 is 13.2 Å². The molecule has 3 aromatic rings. The monoisotopic (exact) mass is 437 g/mol. The van der Waals surface area contributed by atoms with Gasteiger partial charge in [0.2, 0.25) is 0 Å². The highest BCUT2D eigenvalue weighted by Crippen LogP contribution is 2.17. The molecule has 0 saturated heterocycles. The standard InChI is InChI=1S/C22H23N5O3S/c28-22(17-6-10-19(11-7-17)27-16-4-15-24-27)25-18-8-12-20(13-9-18)31(29,30)26-21-5-2-1-3-14-23-21/h4,6-13,15-16H,1-3,5,14H2,(H,23,26)(H,25,28). The number of hydrogen-bond acceptors (Lipinski definition) is 5. The highest BCUT2D eigenvalue weighted by Gasteiger charge is 2.17. The van der Waals surface area contributed by atoms with Gasteiger partial charge in [0.15, 0.2) is 0 Å². The summed E-state index contributed by atoms with van der Waals surface area (Å²) in [5.41, 5.74) is 1.84. The van der Waals surface area contributed by atoms with E-state index in [1.807, 2.05) is 12.3 Å². The van der Waals surface area contributed by atoms with Crippen LogP contribution in [0.5, 0.6) is 0 Å². The highest BCUT2D eigenvalue weighted by atomic mass is 32.2. The number of carbonyl (C=O) groups is 1. The van der Waals surface area contributed by atoms with Crippen LogP contribution in [0.1, 0.15) is 36.0 Å². The maximum Gasteiger partial charge on any atom is 0.262 e. The number of amidine groups is 1. The molecule has 8 nitrogen and oxygen atoms in total. The van der Waals surface area contributed by atoms with Crippen LogP contribution in [0.4, 0.5) is 5.69 Å². The van der Waals surface area contributed by atoms with E-state index in [1.54, 1.807) is 47.3 Å². The van der Waals surface area contributed by atoms with Crippen LogP contribution in [0.3, 0.4) is 0 Å². The van der Waals surface area contributed by atoms with E-state index in [4.69, 9.17) is 0 Å². The fourth-order valence-corrected chi connectivity index (χ4v) is 4.37. The molecule has 2 aromatic carbocycles. The molecule has 1 aliphatic heterocycles. The molecule has 0 radical (unpaired) electrons. The van der Waals surface area contributed by atoms with Gasteiger partial charge in [-0.3, -0.25) is 14.5 Å². The molecule has 0 atom stereocenters. The summed E-state index contributed by atoms with van der Waals surface area (Å²) in [7, 11) is -3.70. The molecule has 160 valence electrons. The van der Waals surface area contributed by atoms with Gasteiger partial charge in [0.05, 0.1) is 10.6 Å². The van der Waals surface area contributed by atoms with Crippen molar-refractivity contribution in [2.75, 3.05) is 11.9 Å². The van der Waals surface area contributed by atoms with Gasteiger partial charge in [-0.15, -0.1) is 0 Å². The lowest BCUT2D eigenvalue weighted by atomic mass is 10.2. The molecule has 1 amide bonds. The van der Waals surface area contributed by atoms with Crippen LogP contribution in [-0.4, -0.2) is 36.5 Å². The number of amides is 1. The van der Waals surface area contributed by atoms with Gasteiger partial charge in [0.1, 0.15) is 5.84 Å². The van der Waals surface area contributed by atoms with E-state index in [9.17, 15) is 13.2 Å². The van der Waals surface area contributed by atoms with Crippen LogP contribution < -0.4 is 10.0 Å². The lowest BCUT2D eigenvalue weighted by molar-refractivity contribution is 0.102. The van der Waals surface area contributed by atoms with Crippen LogP contribution in [0.15, 0.2) is 76.9 Å². The van der Waals surface area contributed by atoms with Crippen LogP contribution in [0.2, 0.25) is 0 Å². The number of carbonyl (C=O) groups excluding carboxylic acids is 1. The van der Waals surface area contributed by atoms with Crippen LogP contribution >= 0.6 is 0 Å². The Morgan fingerprint density at radius 2 is 1.74 bits per heavy atom. The minimum atomic E-state index is -3.70. The second-order valence-corrected chi connectivity index (χ2v) is 8.90. The van der Waals surface area contributed by atoms with Crippen molar-refractivity contribution >= 4 is 27.5 Å². The Bertz CT molecular complexity index is 1170. The number of nitrogens with one attached hydrogen (secondary N) is 2. The molecule has 0 spiro atoms. The average Bonchev–Trinajstić information content (AvgIpc) is 3.20. The summed E-state index contributed by atoms with van der Waals surface area (Å²) in [5, 5.41) is 6.93. The van der Waals surface area contributed by atoms with Gasteiger partial charge >= 0.3 is 0 Å². The quantitative estimate of drug-likeness (QED) is 0.638. The minimum absolute atomic E-state index is 0.126. The largest absolute Gasteiger partial charge is 0.322 e. The third kappa shape index (κ3) is 5.18. The molecule has 0 aliphatic carbocycles. The molecule has 31 heavy (non-hydrogen) atoms. The molecule has 0 fully saturated rings. The van der Waals surface area contributed by atoms with E-state index in [-0.39, 0.29) is 10.8 Å². The Morgan fingerprint density at radius 1 is 0.968 bits per heavy atom. The van der Waals surface area contributed by atoms with E-state index in [1.165, 1.54) is 12.1 Å². The SMILES string of the molecule is O=C(Nc1ccc(S(=O)(=O)NC2=NCCCCC2)cc1)c1ccc(-n2cccn2)cc1. The van der Waals surface area contributed by atoms with Crippen molar-refractivity contribution in [3.63, 3.8) is 0 Å². The van der Waals surface area contributed by atoms with Gasteiger partial charge < -0.3 is 5.32 Å². The predicted octanol–water partition coefficient (Wildman–Crippen LogP) is 3.38. The molecule has 0 unspecified atom stereocenters. The summed E-state index contributed by atoms with van der Waals surface area (Å²) < 4.78 is 29.5. The summed E-state index contributed by atoms with van der Waals surface area (Å²) in [6.07, 6.45) is 7.09. The van der Waals surface area contributed by atoms with Crippen molar-refractivity contribution in [1.29, 1.82) is 0 Å². The number of aliphatic imine (C=N–C) groups is 1. The van der Waals surface area contributed by atoms with Crippen molar-refractivity contribution in [2.45, 2.75) is 30.6 Å². The van der Waals surface area contributed by atoms with E-state index < -0.39 is 10.0 Å². The molecule has 0 bridgehead atoms. The number of anilines is 1. The first-order valence-corrected chi connectivity index (χ1v) is 11.6. The first-order chi connectivity index (χ1) is 15.0. The van der Waals surface area contributed by atoms with Gasteiger partial charge in [0, 0.05) is 36.6 Å². The summed E-state index contributed by atoms with van der Waals surface area (Å²) >= 11 is 0. The molecule has 2 heterocycles. The Kier molecular flexibility index (Phi) is 6.13. The number of aromatic nitrogens is 2. The number of rotatable bonds is 5. The van der Waals surface area contributed by atoms with Gasteiger partial charge in [0.25, 0.3) is 15.9 Å². The predicted molar refractivity (Wildman–Crippen MR) is 119 cm³/mol. The molecular weight excluding hydrogens is 414 g/mol. The second-order valence-electron chi connectivity index (χ2n) is 7.22. The minimum Gasteiger partial charge on any atom is -0.322 e. The van der Waals surface area contributed by atoms with Crippen molar-refractivity contribution in [3.05, 3.63) is 72.6 Å². The number of nitrogens with zero attached hydrogens (tertiary/aromatic N) is 3. The fraction of sp³-hybridized carbons (Fsp3) is 0.227. The number of sulfonamides is 1. The van der Waals surface area contributed by atoms with Gasteiger partial charge in [-0.2, -0.15) is 5.10 Å². The lowest BCUT2D eigenvalue weighted by Gasteiger charge is -2.11. The number of benzene rings is 2. The van der Waals surface area contributed by atoms with Gasteiger partial charge in [-0.05, 0) is 67.4 Å². The molecule has 0 saturated carbocycles. The second kappa shape index (κ2) is 9.13. The maximum atomic E-state index is 12.6. The fourth-order valence-electron chi connectivity index (χ4n) is 3.28. The Hall–Kier alpha value is -3.46. The summed E-state index contributed by atoms with van der Waals surface area (Å²) in [6, 6.07) is 14.9. The van der Waals surface area contributed by atoms with E-state index >= 15 is 0 Å². The average molecular weight is 438 g/mol. The smallest absolute Gasteiger partial charge is 0.262 e. The van der Waals surface area contributed by atoms with E-state index in [0.717, 1.165) is 24.9 Å². The van der Waals surface area contributed by atoms with Gasteiger partial charge in [-0.25, -0.2) is 13.1 Å². The third-order valence-corrected chi connectivity index (χ3v) is 6.34. The zero-order valence-corrected chi connectivity index (χ0v) is 17.7. The molecule has 2 N–H and O–H groups in total. The summed E-state index contributed by atoms with van der Waals surface area (Å²) in [4.78, 5) is 16.9. The van der Waals surface area contributed by atoms with Crippen molar-refractivity contribution in [1.82, 2.24) is 14.5 Å². The first kappa shape index (κ1) is 20.8. The van der Waals surface area contributed by atoms with Crippen LogP contribution in [0.25, 0.3) is 5.69 Å². The summed E-state index contributed by atoms with van der Waals surface area (Å²) in [5.74, 6) is 0.224. The topological polar surface area (TPSA) is 105 Å². The maximum absolute atomic E-state index is 12.6. The zero-order valence-electron chi connectivity index (χ0n) is 16.9. The first-order valence-electron chi connectivity index (χ1n) is 10.1. The molecule has 1 aromatic heterocycles.